The Morgan fingerprint density at radius 2 is 1.69 bits per heavy atom. The van der Waals surface area contributed by atoms with Crippen LogP contribution in [0.25, 0.3) is 0 Å². The molecule has 0 aromatic carbocycles. The van der Waals surface area contributed by atoms with Gasteiger partial charge in [0.1, 0.15) is 0 Å². The molecule has 0 amide bonds. The molecule has 0 aromatic heterocycles. The molecule has 1 rings (SSSR count). The van der Waals surface area contributed by atoms with Gasteiger partial charge in [-0.3, -0.25) is 4.90 Å². The lowest BCUT2D eigenvalue weighted by Crippen LogP contribution is -2.49. The van der Waals surface area contributed by atoms with Gasteiger partial charge in [-0.25, -0.2) is 0 Å². The highest BCUT2D eigenvalue weighted by Gasteiger charge is 2.18. The Hall–Kier alpha value is -0.0800. The molecular weight excluding hydrogens is 160 g/mol. The van der Waals surface area contributed by atoms with E-state index >= 15 is 0 Å². The number of hydrogen-bond donors (Lipinski definition) is 0. The zero-order valence-corrected chi connectivity index (χ0v) is 9.42. The highest BCUT2D eigenvalue weighted by atomic mass is 15.3. The van der Waals surface area contributed by atoms with Crippen LogP contribution in [0.1, 0.15) is 33.6 Å². The summed E-state index contributed by atoms with van der Waals surface area (Å²) in [5, 5.41) is 0. The molecule has 13 heavy (non-hydrogen) atoms. The van der Waals surface area contributed by atoms with Gasteiger partial charge in [-0.1, -0.05) is 13.8 Å². The predicted molar refractivity (Wildman–Crippen MR) is 58.1 cm³/mol. The largest absolute Gasteiger partial charge is 0.301 e. The van der Waals surface area contributed by atoms with Crippen LogP contribution in [0.3, 0.4) is 0 Å². The van der Waals surface area contributed by atoms with E-state index in [4.69, 9.17) is 0 Å². The monoisotopic (exact) mass is 184 g/mol. The fraction of sp³-hybridized carbons (Fsp3) is 1.00. The van der Waals surface area contributed by atoms with E-state index in [2.05, 4.69) is 30.6 Å². The van der Waals surface area contributed by atoms with E-state index in [1.165, 1.54) is 45.6 Å². The summed E-state index contributed by atoms with van der Waals surface area (Å²) in [4.78, 5) is 5.20. The maximum Gasteiger partial charge on any atom is 0.0113 e. The Morgan fingerprint density at radius 1 is 1.08 bits per heavy atom. The van der Waals surface area contributed by atoms with E-state index in [-0.39, 0.29) is 0 Å². The zero-order valence-electron chi connectivity index (χ0n) is 9.42. The van der Waals surface area contributed by atoms with Gasteiger partial charge < -0.3 is 4.90 Å². The highest BCUT2D eigenvalue weighted by molar-refractivity contribution is 4.75. The summed E-state index contributed by atoms with van der Waals surface area (Å²) in [7, 11) is 0. The lowest BCUT2D eigenvalue weighted by molar-refractivity contribution is 0.101. The number of piperazine rings is 1. The van der Waals surface area contributed by atoms with Crippen molar-refractivity contribution < 1.29 is 0 Å². The van der Waals surface area contributed by atoms with E-state index < -0.39 is 0 Å². The fourth-order valence-corrected chi connectivity index (χ4v) is 2.00. The van der Waals surface area contributed by atoms with Crippen LogP contribution >= 0.6 is 0 Å². The highest BCUT2D eigenvalue weighted by Crippen LogP contribution is 2.08. The van der Waals surface area contributed by atoms with Gasteiger partial charge in [0.2, 0.25) is 0 Å². The van der Waals surface area contributed by atoms with Gasteiger partial charge in [-0.15, -0.1) is 0 Å². The predicted octanol–water partition coefficient (Wildman–Crippen LogP) is 1.81. The molecular formula is C11H24N2. The van der Waals surface area contributed by atoms with Crippen molar-refractivity contribution in [3.05, 3.63) is 0 Å². The molecule has 0 aliphatic carbocycles. The van der Waals surface area contributed by atoms with E-state index in [9.17, 15) is 0 Å². The second kappa shape index (κ2) is 5.61. The summed E-state index contributed by atoms with van der Waals surface area (Å²) in [6.45, 7) is 13.3. The van der Waals surface area contributed by atoms with Crippen molar-refractivity contribution in [2.75, 3.05) is 32.7 Å². The second-order valence-electron chi connectivity index (χ2n) is 4.13. The minimum absolute atomic E-state index is 0.781. The maximum atomic E-state index is 2.62. The van der Waals surface area contributed by atoms with Crippen molar-refractivity contribution >= 4 is 0 Å². The fourth-order valence-electron chi connectivity index (χ4n) is 2.00. The summed E-state index contributed by atoms with van der Waals surface area (Å²) in [5.41, 5.74) is 0. The lowest BCUT2D eigenvalue weighted by Gasteiger charge is -2.37. The van der Waals surface area contributed by atoms with Gasteiger partial charge >= 0.3 is 0 Å². The number of nitrogens with zero attached hydrogens (tertiary/aromatic N) is 2. The Labute approximate surface area is 82.9 Å². The first-order valence-electron chi connectivity index (χ1n) is 5.74. The van der Waals surface area contributed by atoms with Crippen molar-refractivity contribution in [2.45, 2.75) is 39.7 Å². The molecule has 78 valence electrons. The summed E-state index contributed by atoms with van der Waals surface area (Å²) in [6, 6.07) is 0.781. The molecule has 0 radical (unpaired) electrons. The van der Waals surface area contributed by atoms with Crippen molar-refractivity contribution in [3.63, 3.8) is 0 Å². The minimum atomic E-state index is 0.781. The molecule has 2 nitrogen and oxygen atoms in total. The van der Waals surface area contributed by atoms with Crippen LogP contribution in [0.5, 0.6) is 0 Å². The molecule has 0 saturated carbocycles. The van der Waals surface area contributed by atoms with Gasteiger partial charge in [0.05, 0.1) is 0 Å². The molecule has 0 aromatic rings. The first kappa shape index (κ1) is 11.0. The lowest BCUT2D eigenvalue weighted by atomic mass is 10.2. The van der Waals surface area contributed by atoms with Crippen LogP contribution in [0.2, 0.25) is 0 Å². The van der Waals surface area contributed by atoms with Crippen molar-refractivity contribution in [1.82, 2.24) is 9.80 Å². The summed E-state index contributed by atoms with van der Waals surface area (Å²) in [6.07, 6.45) is 2.58. The van der Waals surface area contributed by atoms with E-state index in [0.717, 1.165) is 6.04 Å². The third-order valence-electron chi connectivity index (χ3n) is 3.16. The standard InChI is InChI=1S/C11H24N2/c1-4-6-12-7-9-13(10-8-12)11(3)5-2/h11H,4-10H2,1-3H3. The maximum absolute atomic E-state index is 2.62. The van der Waals surface area contributed by atoms with E-state index in [0.29, 0.717) is 0 Å². The molecule has 0 N–H and O–H groups in total. The molecule has 1 heterocycles. The van der Waals surface area contributed by atoms with Gasteiger partial charge in [-0.05, 0) is 26.3 Å². The van der Waals surface area contributed by atoms with Gasteiger partial charge in [0.25, 0.3) is 0 Å². The van der Waals surface area contributed by atoms with Gasteiger partial charge in [-0.2, -0.15) is 0 Å². The third kappa shape index (κ3) is 3.28. The minimum Gasteiger partial charge on any atom is -0.301 e. The Bertz CT molecular complexity index is 128. The summed E-state index contributed by atoms with van der Waals surface area (Å²) >= 11 is 0. The molecule has 2 heteroatoms. The van der Waals surface area contributed by atoms with Crippen LogP contribution in [-0.4, -0.2) is 48.6 Å². The third-order valence-corrected chi connectivity index (χ3v) is 3.16. The molecule has 1 unspecified atom stereocenters. The molecule has 0 bridgehead atoms. The Balaban J connectivity index is 2.22. The molecule has 0 spiro atoms. The van der Waals surface area contributed by atoms with Crippen LogP contribution in [-0.2, 0) is 0 Å². The van der Waals surface area contributed by atoms with E-state index in [1.807, 2.05) is 0 Å². The summed E-state index contributed by atoms with van der Waals surface area (Å²) in [5.74, 6) is 0. The van der Waals surface area contributed by atoms with Crippen molar-refractivity contribution in [3.8, 4) is 0 Å². The quantitative estimate of drug-likeness (QED) is 0.657. The second-order valence-corrected chi connectivity index (χ2v) is 4.13. The van der Waals surface area contributed by atoms with Crippen molar-refractivity contribution in [2.24, 2.45) is 0 Å². The SMILES string of the molecule is CCCN1CCN(C(C)CC)CC1. The van der Waals surface area contributed by atoms with Crippen LogP contribution < -0.4 is 0 Å². The average Bonchev–Trinajstić information content (AvgIpc) is 2.18. The topological polar surface area (TPSA) is 6.48 Å². The molecule has 1 aliphatic heterocycles. The summed E-state index contributed by atoms with van der Waals surface area (Å²) < 4.78 is 0. The molecule has 1 fully saturated rings. The molecule has 1 atom stereocenters. The van der Waals surface area contributed by atoms with Crippen LogP contribution in [0, 0.1) is 0 Å². The normalized spacial score (nSPS) is 23.3. The Kier molecular flexibility index (Phi) is 4.74. The van der Waals surface area contributed by atoms with Crippen LogP contribution in [0.15, 0.2) is 0 Å². The first-order chi connectivity index (χ1) is 6.27. The van der Waals surface area contributed by atoms with Gasteiger partial charge in [0, 0.05) is 32.2 Å². The number of hydrogen-bond acceptors (Lipinski definition) is 2. The smallest absolute Gasteiger partial charge is 0.0113 e. The number of rotatable bonds is 4. The Morgan fingerprint density at radius 3 is 2.15 bits per heavy atom. The molecule has 1 saturated heterocycles. The van der Waals surface area contributed by atoms with Crippen molar-refractivity contribution in [1.29, 1.82) is 0 Å². The molecule has 1 aliphatic rings. The van der Waals surface area contributed by atoms with Gasteiger partial charge in [0.15, 0.2) is 0 Å². The average molecular weight is 184 g/mol. The zero-order chi connectivity index (χ0) is 9.68. The first-order valence-corrected chi connectivity index (χ1v) is 5.74. The van der Waals surface area contributed by atoms with E-state index in [1.54, 1.807) is 0 Å². The van der Waals surface area contributed by atoms with Crippen LogP contribution in [0.4, 0.5) is 0 Å².